The Labute approximate surface area is 138 Å². The SMILES string of the molecule is Cc1nc2c(F)cc(/C(N)=C(F)/C=N\C(C)Cl)cc2n1C(C)C. The van der Waals surface area contributed by atoms with Crippen LogP contribution in [0.1, 0.15) is 38.2 Å². The minimum Gasteiger partial charge on any atom is -0.396 e. The highest BCUT2D eigenvalue weighted by Gasteiger charge is 2.16. The lowest BCUT2D eigenvalue weighted by Crippen LogP contribution is -2.05. The molecular weight excluding hydrogens is 322 g/mol. The Morgan fingerprint density at radius 2 is 2.04 bits per heavy atom. The van der Waals surface area contributed by atoms with Crippen molar-refractivity contribution >= 4 is 34.5 Å². The Kier molecular flexibility index (Phi) is 5.04. The van der Waals surface area contributed by atoms with Crippen LogP contribution >= 0.6 is 11.6 Å². The number of nitrogens with two attached hydrogens (primary N) is 1. The second-order valence-corrected chi connectivity index (χ2v) is 6.19. The van der Waals surface area contributed by atoms with E-state index in [1.165, 1.54) is 6.07 Å². The molecule has 124 valence electrons. The number of rotatable bonds is 4. The molecule has 0 aliphatic carbocycles. The molecule has 1 atom stereocenters. The minimum absolute atomic E-state index is 0.0864. The molecule has 4 nitrogen and oxygen atoms in total. The summed E-state index contributed by atoms with van der Waals surface area (Å²) in [5, 5.41) is 0. The van der Waals surface area contributed by atoms with Crippen molar-refractivity contribution in [3.63, 3.8) is 0 Å². The number of benzene rings is 1. The molecule has 0 amide bonds. The topological polar surface area (TPSA) is 56.2 Å². The van der Waals surface area contributed by atoms with Crippen molar-refractivity contribution in [1.29, 1.82) is 0 Å². The number of imidazole rings is 1. The molecule has 0 aliphatic heterocycles. The van der Waals surface area contributed by atoms with Gasteiger partial charge in [-0.2, -0.15) is 0 Å². The van der Waals surface area contributed by atoms with Crippen molar-refractivity contribution in [3.8, 4) is 0 Å². The summed E-state index contributed by atoms with van der Waals surface area (Å²) >= 11 is 5.63. The minimum atomic E-state index is -0.761. The van der Waals surface area contributed by atoms with E-state index in [0.717, 1.165) is 6.21 Å². The fourth-order valence-electron chi connectivity index (χ4n) is 2.45. The van der Waals surface area contributed by atoms with Crippen molar-refractivity contribution in [2.24, 2.45) is 10.7 Å². The standard InChI is InChI=1S/C16H19ClF2N4/c1-8(2)23-10(4)22-16-12(18)5-11(6-14(16)23)15(20)13(19)7-21-9(3)17/h5-9H,20H2,1-4H3/b15-13+,21-7-. The second kappa shape index (κ2) is 6.66. The number of alkyl halides is 1. The first-order valence-corrected chi connectivity index (χ1v) is 7.67. The molecule has 0 fully saturated rings. The van der Waals surface area contributed by atoms with Crippen LogP contribution in [0.25, 0.3) is 16.7 Å². The molecule has 23 heavy (non-hydrogen) atoms. The molecular formula is C16H19ClF2N4. The summed E-state index contributed by atoms with van der Waals surface area (Å²) < 4.78 is 30.2. The van der Waals surface area contributed by atoms with Crippen LogP contribution < -0.4 is 5.73 Å². The number of fused-ring (bicyclic) bond motifs is 1. The summed E-state index contributed by atoms with van der Waals surface area (Å²) in [6, 6.07) is 2.89. The second-order valence-electron chi connectivity index (χ2n) is 5.56. The highest BCUT2D eigenvalue weighted by molar-refractivity contribution is 6.20. The van der Waals surface area contributed by atoms with Gasteiger partial charge in [0, 0.05) is 11.6 Å². The van der Waals surface area contributed by atoms with Gasteiger partial charge in [0.25, 0.3) is 0 Å². The molecule has 2 rings (SSSR count). The summed E-state index contributed by atoms with van der Waals surface area (Å²) in [5.41, 5.74) is 6.09. The number of aliphatic imine (C=N–C) groups is 1. The van der Waals surface area contributed by atoms with Crippen LogP contribution in [0.5, 0.6) is 0 Å². The molecule has 2 N–H and O–H groups in total. The average Bonchev–Trinajstić information content (AvgIpc) is 2.80. The van der Waals surface area contributed by atoms with Crippen molar-refractivity contribution in [2.45, 2.75) is 39.2 Å². The molecule has 0 saturated carbocycles. The number of hydrogen-bond donors (Lipinski definition) is 1. The first-order chi connectivity index (χ1) is 10.7. The van der Waals surface area contributed by atoms with E-state index in [4.69, 9.17) is 17.3 Å². The van der Waals surface area contributed by atoms with Gasteiger partial charge in [0.2, 0.25) is 0 Å². The molecule has 1 unspecified atom stereocenters. The Morgan fingerprint density at radius 1 is 1.39 bits per heavy atom. The first kappa shape index (κ1) is 17.4. The zero-order valence-electron chi connectivity index (χ0n) is 13.4. The number of nitrogens with zero attached hydrogens (tertiary/aromatic N) is 3. The third-order valence-corrected chi connectivity index (χ3v) is 3.52. The fourth-order valence-corrected chi connectivity index (χ4v) is 2.51. The van der Waals surface area contributed by atoms with Gasteiger partial charge in [-0.15, -0.1) is 0 Å². The van der Waals surface area contributed by atoms with Crippen LogP contribution in [0.15, 0.2) is 23.0 Å². The number of allylic oxidation sites excluding steroid dienone is 1. The largest absolute Gasteiger partial charge is 0.396 e. The Morgan fingerprint density at radius 3 is 2.61 bits per heavy atom. The normalized spacial score (nSPS) is 14.8. The van der Waals surface area contributed by atoms with Gasteiger partial charge in [0.1, 0.15) is 16.8 Å². The number of aromatic nitrogens is 2. The van der Waals surface area contributed by atoms with Crippen molar-refractivity contribution in [3.05, 3.63) is 35.2 Å². The maximum atomic E-state index is 14.3. The number of aryl methyl sites for hydroxylation is 1. The third kappa shape index (κ3) is 3.52. The average molecular weight is 341 g/mol. The summed E-state index contributed by atoms with van der Waals surface area (Å²) in [6.07, 6.45) is 0.945. The quantitative estimate of drug-likeness (QED) is 0.512. The lowest BCUT2D eigenvalue weighted by atomic mass is 10.1. The lowest BCUT2D eigenvalue weighted by Gasteiger charge is -2.11. The Balaban J connectivity index is 2.63. The molecule has 2 aromatic rings. The molecule has 1 aromatic heterocycles. The molecule has 1 heterocycles. The summed E-state index contributed by atoms with van der Waals surface area (Å²) in [6.45, 7) is 7.32. The summed E-state index contributed by atoms with van der Waals surface area (Å²) in [7, 11) is 0. The van der Waals surface area contributed by atoms with Gasteiger partial charge in [-0.25, -0.2) is 13.8 Å². The predicted molar refractivity (Wildman–Crippen MR) is 90.8 cm³/mol. The Hall–Kier alpha value is -1.95. The fraction of sp³-hybridized carbons (Fsp3) is 0.375. The molecule has 1 aromatic carbocycles. The van der Waals surface area contributed by atoms with Crippen molar-refractivity contribution in [2.75, 3.05) is 0 Å². The van der Waals surface area contributed by atoms with Crippen LogP contribution in [0, 0.1) is 12.7 Å². The van der Waals surface area contributed by atoms with Gasteiger partial charge >= 0.3 is 0 Å². The maximum Gasteiger partial charge on any atom is 0.164 e. The first-order valence-electron chi connectivity index (χ1n) is 7.23. The summed E-state index contributed by atoms with van der Waals surface area (Å²) in [5.74, 6) is -0.617. The zero-order valence-corrected chi connectivity index (χ0v) is 14.2. The molecule has 0 saturated heterocycles. The smallest absolute Gasteiger partial charge is 0.164 e. The monoisotopic (exact) mass is 340 g/mol. The molecule has 0 aliphatic rings. The predicted octanol–water partition coefficient (Wildman–Crippen LogP) is 4.32. The number of halogens is 3. The van der Waals surface area contributed by atoms with Gasteiger partial charge in [-0.3, -0.25) is 4.99 Å². The molecule has 0 bridgehead atoms. The molecule has 0 spiro atoms. The van der Waals surface area contributed by atoms with E-state index >= 15 is 0 Å². The van der Waals surface area contributed by atoms with E-state index in [1.807, 2.05) is 18.4 Å². The number of hydrogen-bond acceptors (Lipinski definition) is 3. The maximum absolute atomic E-state index is 14.3. The van der Waals surface area contributed by atoms with E-state index in [-0.39, 0.29) is 22.8 Å². The van der Waals surface area contributed by atoms with E-state index in [9.17, 15) is 8.78 Å². The van der Waals surface area contributed by atoms with Gasteiger partial charge in [0.05, 0.1) is 17.4 Å². The lowest BCUT2D eigenvalue weighted by molar-refractivity contribution is 0.600. The molecule has 7 heteroatoms. The van der Waals surface area contributed by atoms with E-state index in [2.05, 4.69) is 9.98 Å². The van der Waals surface area contributed by atoms with Crippen molar-refractivity contribution < 1.29 is 8.78 Å². The summed E-state index contributed by atoms with van der Waals surface area (Å²) in [4.78, 5) is 7.95. The van der Waals surface area contributed by atoms with E-state index in [0.29, 0.717) is 11.3 Å². The highest BCUT2D eigenvalue weighted by Crippen LogP contribution is 2.27. The zero-order chi connectivity index (χ0) is 17.3. The van der Waals surface area contributed by atoms with E-state index < -0.39 is 17.1 Å². The van der Waals surface area contributed by atoms with Crippen molar-refractivity contribution in [1.82, 2.24) is 9.55 Å². The van der Waals surface area contributed by atoms with Gasteiger partial charge in [-0.05, 0) is 39.8 Å². The van der Waals surface area contributed by atoms with Crippen LogP contribution in [0.3, 0.4) is 0 Å². The van der Waals surface area contributed by atoms with Crippen LogP contribution in [-0.4, -0.2) is 21.3 Å². The third-order valence-electron chi connectivity index (χ3n) is 3.40. The van der Waals surface area contributed by atoms with Crippen LogP contribution in [0.4, 0.5) is 8.78 Å². The molecule has 0 radical (unpaired) electrons. The highest BCUT2D eigenvalue weighted by atomic mass is 35.5. The van der Waals surface area contributed by atoms with Gasteiger partial charge < -0.3 is 10.3 Å². The van der Waals surface area contributed by atoms with E-state index in [1.54, 1.807) is 19.9 Å². The van der Waals surface area contributed by atoms with Crippen LogP contribution in [0.2, 0.25) is 0 Å². The Bertz CT molecular complexity index is 791. The van der Waals surface area contributed by atoms with Crippen LogP contribution in [-0.2, 0) is 0 Å². The van der Waals surface area contributed by atoms with Gasteiger partial charge in [0.15, 0.2) is 11.6 Å². The van der Waals surface area contributed by atoms with Gasteiger partial charge in [-0.1, -0.05) is 11.6 Å².